The fourth-order valence-corrected chi connectivity index (χ4v) is 3.86. The molecule has 1 aromatic carbocycles. The van der Waals surface area contributed by atoms with Crippen LogP contribution in [0.2, 0.25) is 0 Å². The lowest BCUT2D eigenvalue weighted by molar-refractivity contribution is -0.133. The first kappa shape index (κ1) is 22.3. The first-order chi connectivity index (χ1) is 15.9. The number of aromatic nitrogens is 3. The molecule has 1 aliphatic heterocycles. The summed E-state index contributed by atoms with van der Waals surface area (Å²) in [5.41, 5.74) is 2.05. The summed E-state index contributed by atoms with van der Waals surface area (Å²) in [5, 5.41) is 6.84. The summed E-state index contributed by atoms with van der Waals surface area (Å²) in [6.45, 7) is 2.79. The van der Waals surface area contributed by atoms with Gasteiger partial charge in [-0.1, -0.05) is 0 Å². The van der Waals surface area contributed by atoms with Crippen LogP contribution < -0.4 is 10.9 Å². The molecule has 0 spiro atoms. The average molecular weight is 449 g/mol. The summed E-state index contributed by atoms with van der Waals surface area (Å²) < 4.78 is 14.2. The molecule has 9 heteroatoms. The van der Waals surface area contributed by atoms with Gasteiger partial charge in [0.2, 0.25) is 5.91 Å². The smallest absolute Gasteiger partial charge is 0.267 e. The Morgan fingerprint density at radius 1 is 1.12 bits per heavy atom. The van der Waals surface area contributed by atoms with Crippen LogP contribution >= 0.6 is 0 Å². The molecule has 0 bridgehead atoms. The van der Waals surface area contributed by atoms with Gasteiger partial charge in [0.25, 0.3) is 11.5 Å². The number of amides is 2. The second-order valence-electron chi connectivity index (χ2n) is 8.08. The van der Waals surface area contributed by atoms with Crippen molar-refractivity contribution in [3.05, 3.63) is 87.9 Å². The molecule has 0 unspecified atom stereocenters. The highest BCUT2D eigenvalue weighted by Crippen LogP contribution is 2.26. The van der Waals surface area contributed by atoms with Crippen molar-refractivity contribution in [1.29, 1.82) is 0 Å². The number of hydrogen-bond acceptors (Lipinski definition) is 5. The van der Waals surface area contributed by atoms with E-state index in [1.54, 1.807) is 30.0 Å². The van der Waals surface area contributed by atoms with Gasteiger partial charge in [0.15, 0.2) is 0 Å². The first-order valence-corrected chi connectivity index (χ1v) is 10.7. The minimum Gasteiger partial charge on any atom is -0.340 e. The summed E-state index contributed by atoms with van der Waals surface area (Å²) in [5.74, 6) is -0.826. The van der Waals surface area contributed by atoms with Crippen molar-refractivity contribution < 1.29 is 14.0 Å². The lowest BCUT2D eigenvalue weighted by atomic mass is 9.94. The number of rotatable bonds is 5. The second kappa shape index (κ2) is 9.72. The summed E-state index contributed by atoms with van der Waals surface area (Å²) in [6, 6.07) is 12.0. The van der Waals surface area contributed by atoms with E-state index in [0.717, 1.165) is 18.5 Å². The lowest BCUT2D eigenvalue weighted by Crippen LogP contribution is -2.42. The van der Waals surface area contributed by atoms with Gasteiger partial charge in [-0.3, -0.25) is 19.4 Å². The Hall–Kier alpha value is -3.88. The van der Waals surface area contributed by atoms with Gasteiger partial charge in [0, 0.05) is 42.7 Å². The van der Waals surface area contributed by atoms with Crippen LogP contribution in [0.5, 0.6) is 0 Å². The van der Waals surface area contributed by atoms with E-state index in [1.807, 2.05) is 0 Å². The van der Waals surface area contributed by atoms with Crippen molar-refractivity contribution in [2.24, 2.45) is 0 Å². The summed E-state index contributed by atoms with van der Waals surface area (Å²) in [4.78, 5) is 43.4. The van der Waals surface area contributed by atoms with E-state index in [9.17, 15) is 18.8 Å². The molecular formula is C24H24FN5O3. The highest BCUT2D eigenvalue weighted by molar-refractivity contribution is 6.04. The molecule has 0 aliphatic carbocycles. The Kier molecular flexibility index (Phi) is 6.58. The Balaban J connectivity index is 1.39. The Bertz CT molecular complexity index is 1210. The van der Waals surface area contributed by atoms with Crippen molar-refractivity contribution >= 4 is 17.5 Å². The number of anilines is 1. The predicted molar refractivity (Wildman–Crippen MR) is 120 cm³/mol. The van der Waals surface area contributed by atoms with Gasteiger partial charge >= 0.3 is 0 Å². The molecule has 4 rings (SSSR count). The minimum atomic E-state index is -0.374. The van der Waals surface area contributed by atoms with Crippen molar-refractivity contribution in [2.75, 3.05) is 18.4 Å². The number of carbonyl (C=O) groups excluding carboxylic acids is 2. The number of nitrogens with zero attached hydrogens (tertiary/aromatic N) is 4. The number of aryl methyl sites for hydroxylation is 1. The molecule has 170 valence electrons. The van der Waals surface area contributed by atoms with Crippen LogP contribution in [-0.2, 0) is 11.3 Å². The van der Waals surface area contributed by atoms with E-state index in [2.05, 4.69) is 15.4 Å². The summed E-state index contributed by atoms with van der Waals surface area (Å²) >= 11 is 0. The number of hydrogen-bond donors (Lipinski definition) is 1. The molecule has 3 heterocycles. The molecular weight excluding hydrogens is 425 g/mol. The topological polar surface area (TPSA) is 97.2 Å². The third-order valence-corrected chi connectivity index (χ3v) is 5.63. The lowest BCUT2D eigenvalue weighted by Gasteiger charge is -2.32. The Morgan fingerprint density at radius 3 is 2.64 bits per heavy atom. The van der Waals surface area contributed by atoms with Gasteiger partial charge < -0.3 is 10.2 Å². The maximum absolute atomic E-state index is 13.0. The van der Waals surface area contributed by atoms with Crippen molar-refractivity contribution in [3.8, 4) is 0 Å². The third-order valence-electron chi connectivity index (χ3n) is 5.63. The summed E-state index contributed by atoms with van der Waals surface area (Å²) in [7, 11) is 0. The molecule has 3 aromatic rings. The molecule has 0 radical (unpaired) electrons. The maximum atomic E-state index is 13.0. The Morgan fingerprint density at radius 2 is 1.91 bits per heavy atom. The van der Waals surface area contributed by atoms with Crippen LogP contribution in [0.25, 0.3) is 0 Å². The van der Waals surface area contributed by atoms with Gasteiger partial charge in [-0.15, -0.1) is 0 Å². The predicted octanol–water partition coefficient (Wildman–Crippen LogP) is 2.74. The quantitative estimate of drug-likeness (QED) is 0.646. The minimum absolute atomic E-state index is 0.0408. The highest BCUT2D eigenvalue weighted by Gasteiger charge is 2.26. The highest BCUT2D eigenvalue weighted by atomic mass is 19.1. The molecule has 2 aromatic heterocycles. The van der Waals surface area contributed by atoms with Gasteiger partial charge in [-0.05, 0) is 62.2 Å². The van der Waals surface area contributed by atoms with Gasteiger partial charge in [0.1, 0.15) is 12.4 Å². The zero-order chi connectivity index (χ0) is 23.4. The maximum Gasteiger partial charge on any atom is 0.267 e. The average Bonchev–Trinajstić information content (AvgIpc) is 2.83. The number of likely N-dealkylation sites (tertiary alicyclic amines) is 1. The van der Waals surface area contributed by atoms with Crippen molar-refractivity contribution in [2.45, 2.75) is 32.2 Å². The van der Waals surface area contributed by atoms with Crippen LogP contribution in [0, 0.1) is 12.7 Å². The van der Waals surface area contributed by atoms with Crippen molar-refractivity contribution in [1.82, 2.24) is 19.7 Å². The molecule has 8 nitrogen and oxygen atoms in total. The second-order valence-corrected chi connectivity index (χ2v) is 8.08. The number of nitrogens with one attached hydrogen (secondary N) is 1. The van der Waals surface area contributed by atoms with E-state index in [0.29, 0.717) is 30.0 Å². The molecule has 1 N–H and O–H groups in total. The van der Waals surface area contributed by atoms with E-state index in [4.69, 9.17) is 0 Å². The van der Waals surface area contributed by atoms with Crippen LogP contribution in [-0.4, -0.2) is 44.6 Å². The zero-order valence-corrected chi connectivity index (χ0v) is 18.2. The normalized spacial score (nSPS) is 15.8. The monoisotopic (exact) mass is 449 g/mol. The number of piperidine rings is 1. The largest absolute Gasteiger partial charge is 0.340 e. The molecule has 1 saturated heterocycles. The number of pyridine rings is 1. The number of halogens is 1. The Labute approximate surface area is 190 Å². The number of carbonyl (C=O) groups is 2. The van der Waals surface area contributed by atoms with E-state index in [-0.39, 0.29) is 35.7 Å². The SMILES string of the molecule is Cc1ccc(=O)n(CC(=O)N2CCC[C@H](c3ccc(C(=O)Nc4ccc(F)cc4)cn3)C2)n1. The molecule has 2 amide bonds. The third kappa shape index (κ3) is 5.49. The zero-order valence-electron chi connectivity index (χ0n) is 18.2. The molecule has 0 saturated carbocycles. The fraction of sp³-hybridized carbons (Fsp3) is 0.292. The van der Waals surface area contributed by atoms with E-state index >= 15 is 0 Å². The summed E-state index contributed by atoms with van der Waals surface area (Å²) in [6.07, 6.45) is 3.20. The standard InChI is InChI=1S/C24H24FN5O3/c1-16-4-11-22(31)30(28-16)15-23(32)29-12-2-3-18(14-29)21-10-5-17(13-26-21)24(33)27-20-8-6-19(25)7-9-20/h4-11,13,18H,2-3,12,14-15H2,1H3,(H,27,33)/t18-/m0/s1. The van der Waals surface area contributed by atoms with Gasteiger partial charge in [-0.2, -0.15) is 5.10 Å². The van der Waals surface area contributed by atoms with Crippen LogP contribution in [0.15, 0.2) is 59.5 Å². The van der Waals surface area contributed by atoms with E-state index < -0.39 is 0 Å². The molecule has 1 fully saturated rings. The van der Waals surface area contributed by atoms with Gasteiger partial charge in [-0.25, -0.2) is 9.07 Å². The molecule has 33 heavy (non-hydrogen) atoms. The van der Waals surface area contributed by atoms with Crippen LogP contribution in [0.1, 0.15) is 40.5 Å². The molecule has 1 aliphatic rings. The van der Waals surface area contributed by atoms with Crippen LogP contribution in [0.3, 0.4) is 0 Å². The van der Waals surface area contributed by atoms with Crippen molar-refractivity contribution in [3.63, 3.8) is 0 Å². The van der Waals surface area contributed by atoms with Crippen LogP contribution in [0.4, 0.5) is 10.1 Å². The first-order valence-electron chi connectivity index (χ1n) is 10.7. The van der Waals surface area contributed by atoms with Gasteiger partial charge in [0.05, 0.1) is 11.3 Å². The van der Waals surface area contributed by atoms with E-state index in [1.165, 1.54) is 41.2 Å². The fourth-order valence-electron chi connectivity index (χ4n) is 3.86. The molecule has 1 atom stereocenters. The number of benzene rings is 1.